The van der Waals surface area contributed by atoms with Gasteiger partial charge in [0.2, 0.25) is 11.8 Å². The fourth-order valence-electron chi connectivity index (χ4n) is 4.35. The summed E-state index contributed by atoms with van der Waals surface area (Å²) < 4.78 is 0. The Kier molecular flexibility index (Phi) is 19.6. The number of carbonyl (C=O) groups excluding carboxylic acids is 5. The smallest absolute Gasteiger partial charge is 0.549 e. The number of carboxylic acid groups (broad SMARTS) is 3. The molecule has 4 N–H and O–H groups in total. The third kappa shape index (κ3) is 18.5. The number of benzene rings is 2. The number of hydrogen-bond donors (Lipinski definition) is 4. The van der Waals surface area contributed by atoms with Gasteiger partial charge in [0.15, 0.2) is 0 Å². The van der Waals surface area contributed by atoms with Crippen LogP contribution in [0.25, 0.3) is 0 Å². The van der Waals surface area contributed by atoms with E-state index in [-0.39, 0.29) is 104 Å². The summed E-state index contributed by atoms with van der Waals surface area (Å²) in [6.07, 6.45) is 0.954. The molecule has 0 saturated carbocycles. The van der Waals surface area contributed by atoms with Gasteiger partial charge in [0.25, 0.3) is 0 Å². The molecule has 0 fully saturated rings. The second-order valence-electron chi connectivity index (χ2n) is 10.3. The van der Waals surface area contributed by atoms with Crippen molar-refractivity contribution in [2.75, 3.05) is 72.0 Å². The van der Waals surface area contributed by atoms with Crippen molar-refractivity contribution < 1.29 is 89.4 Å². The van der Waals surface area contributed by atoms with Crippen LogP contribution in [0.2, 0.25) is 0 Å². The van der Waals surface area contributed by atoms with Crippen molar-refractivity contribution in [1.29, 1.82) is 0 Å². The van der Waals surface area contributed by atoms with Gasteiger partial charge in [-0.15, -0.1) is 0 Å². The maximum atomic E-state index is 12.5. The molecule has 251 valence electrons. The van der Waals surface area contributed by atoms with Crippen molar-refractivity contribution in [1.82, 2.24) is 25.3 Å². The average Bonchev–Trinajstić information content (AvgIpc) is 2.95. The molecule has 16 heteroatoms. The van der Waals surface area contributed by atoms with E-state index in [0.717, 1.165) is 11.1 Å². The van der Waals surface area contributed by atoms with Crippen LogP contribution in [0.15, 0.2) is 48.5 Å². The van der Waals surface area contributed by atoms with E-state index in [1.54, 1.807) is 24.3 Å². The van der Waals surface area contributed by atoms with Crippen LogP contribution in [0.3, 0.4) is 0 Å². The van der Waals surface area contributed by atoms with E-state index in [2.05, 4.69) is 10.6 Å². The number of phenols is 2. The first-order valence-corrected chi connectivity index (χ1v) is 14.3. The fraction of sp³-hybridized carbons (Fsp3) is 0.433. The minimum absolute atomic E-state index is 0. The summed E-state index contributed by atoms with van der Waals surface area (Å²) in [5.41, 5.74) is 1.74. The number of amides is 2. The first kappa shape index (κ1) is 40.6. The number of phenolic OH excluding ortho intramolecular Hbond substituents is 2. The molecule has 2 amide bonds. The summed E-state index contributed by atoms with van der Waals surface area (Å²) in [7, 11) is 0. The number of hydrogen-bond acceptors (Lipinski definition) is 13. The molecule has 46 heavy (non-hydrogen) atoms. The van der Waals surface area contributed by atoms with Crippen molar-refractivity contribution in [3.63, 3.8) is 0 Å². The second kappa shape index (κ2) is 22.2. The maximum absolute atomic E-state index is 12.5. The molecule has 0 unspecified atom stereocenters. The third-order valence-electron chi connectivity index (χ3n) is 6.60. The summed E-state index contributed by atoms with van der Waals surface area (Å²) in [6, 6.07) is 12.9. The molecule has 0 saturated heterocycles. The Morgan fingerprint density at radius 3 is 1.15 bits per heavy atom. The van der Waals surface area contributed by atoms with Gasteiger partial charge in [-0.05, 0) is 48.2 Å². The molecule has 15 nitrogen and oxygen atoms in total. The Morgan fingerprint density at radius 1 is 0.522 bits per heavy atom. The Labute approximate surface area is 298 Å². The summed E-state index contributed by atoms with van der Waals surface area (Å²) >= 11 is 0. The molecule has 0 aliphatic carbocycles. The molecular formula is C30H38GdN5O10. The van der Waals surface area contributed by atoms with Gasteiger partial charge in [-0.3, -0.25) is 24.3 Å². The largest absolute Gasteiger partial charge is 3.00 e. The molecular weight excluding hydrogens is 748 g/mol. The zero-order valence-corrected chi connectivity index (χ0v) is 27.4. The molecule has 0 bridgehead atoms. The SMILES string of the molecule is O=C([O-])CN(CCN(CC(=O)[O-])CC(=O)NCCc1ccc(O)cc1)CCN(CC(=O)[O-])CC(=O)NCCc1ccc(O)cc1.[Gd+3]. The molecule has 2 aromatic carbocycles. The van der Waals surface area contributed by atoms with Gasteiger partial charge in [-0.2, -0.15) is 0 Å². The predicted octanol–water partition coefficient (Wildman–Crippen LogP) is -4.73. The monoisotopic (exact) mass is 786 g/mol. The quantitative estimate of drug-likeness (QED) is 0.0881. The summed E-state index contributed by atoms with van der Waals surface area (Å²) in [4.78, 5) is 62.8. The van der Waals surface area contributed by atoms with Crippen molar-refractivity contribution in [3.8, 4) is 11.5 Å². The van der Waals surface area contributed by atoms with E-state index >= 15 is 0 Å². The number of rotatable bonds is 22. The van der Waals surface area contributed by atoms with Crippen LogP contribution >= 0.6 is 0 Å². The normalized spacial score (nSPS) is 10.8. The van der Waals surface area contributed by atoms with E-state index in [9.17, 15) is 49.5 Å². The summed E-state index contributed by atoms with van der Waals surface area (Å²) in [5, 5.41) is 58.0. The Bertz CT molecular complexity index is 1170. The summed E-state index contributed by atoms with van der Waals surface area (Å²) in [6.45, 7) is -1.92. The Balaban J connectivity index is 0.0000106. The van der Waals surface area contributed by atoms with Crippen LogP contribution in [-0.4, -0.2) is 127 Å². The van der Waals surface area contributed by atoms with E-state index in [4.69, 9.17) is 0 Å². The molecule has 0 aromatic heterocycles. The van der Waals surface area contributed by atoms with Crippen LogP contribution in [-0.2, 0) is 36.8 Å². The van der Waals surface area contributed by atoms with Crippen molar-refractivity contribution in [2.24, 2.45) is 0 Å². The second-order valence-corrected chi connectivity index (χ2v) is 10.3. The molecule has 0 aliphatic rings. The molecule has 2 aromatic rings. The minimum atomic E-state index is -1.44. The topological polar surface area (TPSA) is 229 Å². The first-order chi connectivity index (χ1) is 21.4. The van der Waals surface area contributed by atoms with Gasteiger partial charge in [-0.1, -0.05) is 24.3 Å². The molecule has 0 atom stereocenters. The van der Waals surface area contributed by atoms with Crippen molar-refractivity contribution in [3.05, 3.63) is 59.7 Å². The third-order valence-corrected chi connectivity index (χ3v) is 6.60. The average molecular weight is 786 g/mol. The van der Waals surface area contributed by atoms with Crippen LogP contribution in [0, 0.1) is 39.9 Å². The van der Waals surface area contributed by atoms with Gasteiger partial charge in [0.1, 0.15) is 11.5 Å². The van der Waals surface area contributed by atoms with Gasteiger partial charge in [0, 0.05) is 58.9 Å². The maximum Gasteiger partial charge on any atom is 3.00 e. The van der Waals surface area contributed by atoms with Crippen LogP contribution in [0.1, 0.15) is 11.1 Å². The number of nitrogens with zero attached hydrogens (tertiary/aromatic N) is 3. The van der Waals surface area contributed by atoms with Crippen molar-refractivity contribution >= 4 is 29.7 Å². The molecule has 2 rings (SSSR count). The van der Waals surface area contributed by atoms with Gasteiger partial charge in [-0.25, -0.2) is 0 Å². The van der Waals surface area contributed by atoms with Crippen LogP contribution in [0.4, 0.5) is 0 Å². The number of aliphatic carboxylic acids is 3. The summed E-state index contributed by atoms with van der Waals surface area (Å²) in [5.74, 6) is -4.99. The van der Waals surface area contributed by atoms with E-state index in [1.807, 2.05) is 0 Å². The van der Waals surface area contributed by atoms with Gasteiger partial charge >= 0.3 is 39.9 Å². The zero-order chi connectivity index (χ0) is 33.2. The molecule has 1 radical (unpaired) electrons. The Hall–Kier alpha value is -3.41. The standard InChI is InChI=1S/C30H41N5O10.Gd/c36-24-5-1-22(2-6-24)9-11-31-26(38)17-34(20-29(42)43)15-13-33(19-28(40)41)14-16-35(21-30(44)45)18-27(39)32-12-10-23-3-7-25(37)8-4-23;/h1-8,36-37H,9-21H2,(H,31,38)(H,32,39)(H,40,41)(H,42,43)(H,44,45);/q;+3/p-3. The zero-order valence-electron chi connectivity index (χ0n) is 25.2. The van der Waals surface area contributed by atoms with Crippen LogP contribution < -0.4 is 26.0 Å². The van der Waals surface area contributed by atoms with E-state index < -0.39 is 49.4 Å². The molecule has 0 spiro atoms. The first-order valence-electron chi connectivity index (χ1n) is 14.3. The number of aromatic hydroxyl groups is 2. The fourth-order valence-corrected chi connectivity index (χ4v) is 4.35. The van der Waals surface area contributed by atoms with E-state index in [0.29, 0.717) is 12.8 Å². The van der Waals surface area contributed by atoms with Gasteiger partial charge in [0.05, 0.1) is 31.0 Å². The number of carbonyl (C=O) groups is 5. The number of carboxylic acids is 3. The van der Waals surface area contributed by atoms with Crippen LogP contribution in [0.5, 0.6) is 11.5 Å². The predicted molar refractivity (Wildman–Crippen MR) is 154 cm³/mol. The van der Waals surface area contributed by atoms with Crippen molar-refractivity contribution in [2.45, 2.75) is 12.8 Å². The molecule has 0 heterocycles. The molecule has 0 aliphatic heterocycles. The van der Waals surface area contributed by atoms with Gasteiger partial charge < -0.3 is 50.5 Å². The minimum Gasteiger partial charge on any atom is -0.549 e. The van der Waals surface area contributed by atoms with E-state index in [1.165, 1.54) is 39.0 Å². The number of nitrogens with one attached hydrogen (secondary N) is 2. The Morgan fingerprint density at radius 2 is 0.826 bits per heavy atom.